The molecular weight excluding hydrogens is 294 g/mol. The summed E-state index contributed by atoms with van der Waals surface area (Å²) in [5.74, 6) is -0.628. The van der Waals surface area contributed by atoms with Crippen molar-refractivity contribution in [2.75, 3.05) is 20.2 Å². The molecule has 1 unspecified atom stereocenters. The van der Waals surface area contributed by atoms with Crippen LogP contribution in [0.5, 0.6) is 0 Å². The van der Waals surface area contributed by atoms with E-state index < -0.39 is 0 Å². The number of esters is 1. The zero-order valence-corrected chi connectivity index (χ0v) is 13.1. The van der Waals surface area contributed by atoms with Gasteiger partial charge in [-0.15, -0.1) is 0 Å². The number of amides is 1. The lowest BCUT2D eigenvalue weighted by molar-refractivity contribution is -0.145. The molecule has 1 amide bonds. The van der Waals surface area contributed by atoms with Gasteiger partial charge in [0.1, 0.15) is 5.15 Å². The lowest BCUT2D eigenvalue weighted by atomic mass is 10.1. The van der Waals surface area contributed by atoms with Crippen LogP contribution in [0.25, 0.3) is 6.08 Å². The van der Waals surface area contributed by atoms with Crippen molar-refractivity contribution >= 4 is 29.6 Å². The van der Waals surface area contributed by atoms with E-state index >= 15 is 0 Å². The van der Waals surface area contributed by atoms with Crippen LogP contribution in [0, 0.1) is 12.8 Å². The van der Waals surface area contributed by atoms with Crippen molar-refractivity contribution in [2.45, 2.75) is 13.3 Å². The molecule has 1 aromatic rings. The second-order valence-corrected chi connectivity index (χ2v) is 5.40. The molecule has 0 aromatic carbocycles. The highest BCUT2D eigenvalue weighted by Gasteiger charge is 2.30. The van der Waals surface area contributed by atoms with E-state index in [0.29, 0.717) is 24.7 Å². The Morgan fingerprint density at radius 1 is 1.48 bits per heavy atom. The lowest BCUT2D eigenvalue weighted by Crippen LogP contribution is -2.28. The standard InChI is InChI=1S/C14H18ClN3O3/c1-9-11(13(15)17(2)16-9)4-5-12(19)18-7-6-10(8-18)14(20)21-3/h4-5,10H,6-8H2,1-3H3/b5-4+. The Morgan fingerprint density at radius 2 is 2.19 bits per heavy atom. The minimum atomic E-state index is -0.263. The van der Waals surface area contributed by atoms with E-state index in [0.717, 1.165) is 11.3 Å². The number of methoxy groups -OCH3 is 1. The molecule has 1 atom stereocenters. The smallest absolute Gasteiger partial charge is 0.310 e. The van der Waals surface area contributed by atoms with Gasteiger partial charge in [-0.1, -0.05) is 11.6 Å². The molecule has 1 aliphatic rings. The van der Waals surface area contributed by atoms with Gasteiger partial charge >= 0.3 is 5.97 Å². The molecule has 1 aliphatic heterocycles. The number of hydrogen-bond acceptors (Lipinski definition) is 4. The van der Waals surface area contributed by atoms with E-state index in [9.17, 15) is 9.59 Å². The van der Waals surface area contributed by atoms with Crippen LogP contribution in [0.1, 0.15) is 17.7 Å². The summed E-state index contributed by atoms with van der Waals surface area (Å²) in [4.78, 5) is 25.2. The first-order valence-corrected chi connectivity index (χ1v) is 7.05. The molecular formula is C14H18ClN3O3. The molecule has 1 fully saturated rings. The Balaban J connectivity index is 2.02. The van der Waals surface area contributed by atoms with Gasteiger partial charge in [-0.05, 0) is 19.4 Å². The lowest BCUT2D eigenvalue weighted by Gasteiger charge is -2.13. The third-order valence-electron chi connectivity index (χ3n) is 3.62. The molecule has 0 spiro atoms. The van der Waals surface area contributed by atoms with Crippen molar-refractivity contribution in [3.05, 3.63) is 22.5 Å². The summed E-state index contributed by atoms with van der Waals surface area (Å²) < 4.78 is 6.26. The summed E-state index contributed by atoms with van der Waals surface area (Å²) in [5.41, 5.74) is 1.50. The predicted molar refractivity (Wildman–Crippen MR) is 78.7 cm³/mol. The number of nitrogens with zero attached hydrogens (tertiary/aromatic N) is 3. The number of carbonyl (C=O) groups is 2. The summed E-state index contributed by atoms with van der Waals surface area (Å²) >= 11 is 6.10. The fourth-order valence-corrected chi connectivity index (χ4v) is 2.65. The SMILES string of the molecule is COC(=O)C1CCN(C(=O)/C=C/c2c(C)nn(C)c2Cl)C1. The minimum Gasteiger partial charge on any atom is -0.469 e. The van der Waals surface area contributed by atoms with Crippen molar-refractivity contribution in [3.8, 4) is 0 Å². The molecule has 2 rings (SSSR count). The number of halogens is 1. The molecule has 21 heavy (non-hydrogen) atoms. The number of ether oxygens (including phenoxy) is 1. The van der Waals surface area contributed by atoms with Crippen LogP contribution in [0.15, 0.2) is 6.08 Å². The maximum absolute atomic E-state index is 12.1. The predicted octanol–water partition coefficient (Wildman–Crippen LogP) is 1.42. The first-order chi connectivity index (χ1) is 9.93. The molecule has 1 saturated heterocycles. The van der Waals surface area contributed by atoms with E-state index in [1.165, 1.54) is 13.2 Å². The number of aromatic nitrogens is 2. The van der Waals surface area contributed by atoms with E-state index in [2.05, 4.69) is 5.10 Å². The highest BCUT2D eigenvalue weighted by molar-refractivity contribution is 6.31. The van der Waals surface area contributed by atoms with Gasteiger partial charge in [-0.3, -0.25) is 14.3 Å². The van der Waals surface area contributed by atoms with Gasteiger partial charge in [0.2, 0.25) is 5.91 Å². The van der Waals surface area contributed by atoms with Crippen molar-refractivity contribution < 1.29 is 14.3 Å². The minimum absolute atomic E-state index is 0.138. The van der Waals surface area contributed by atoms with Crippen molar-refractivity contribution in [1.29, 1.82) is 0 Å². The molecule has 2 heterocycles. The average Bonchev–Trinajstić information content (AvgIpc) is 3.03. The second-order valence-electron chi connectivity index (χ2n) is 5.04. The van der Waals surface area contributed by atoms with Gasteiger partial charge in [0.15, 0.2) is 0 Å². The molecule has 1 aromatic heterocycles. The molecule has 0 aliphatic carbocycles. The van der Waals surface area contributed by atoms with Gasteiger partial charge in [0.05, 0.1) is 18.7 Å². The molecule has 7 heteroatoms. The molecule has 114 valence electrons. The molecule has 0 radical (unpaired) electrons. The third-order valence-corrected chi connectivity index (χ3v) is 4.07. The first-order valence-electron chi connectivity index (χ1n) is 6.68. The van der Waals surface area contributed by atoms with Gasteiger partial charge < -0.3 is 9.64 Å². The van der Waals surface area contributed by atoms with E-state index in [4.69, 9.17) is 16.3 Å². The summed E-state index contributed by atoms with van der Waals surface area (Å²) in [6.45, 7) is 2.79. The zero-order chi connectivity index (χ0) is 15.6. The van der Waals surface area contributed by atoms with Crippen LogP contribution in [0.3, 0.4) is 0 Å². The van der Waals surface area contributed by atoms with Gasteiger partial charge in [0, 0.05) is 31.8 Å². The largest absolute Gasteiger partial charge is 0.469 e. The van der Waals surface area contributed by atoms with Crippen LogP contribution in [0.2, 0.25) is 5.15 Å². The number of likely N-dealkylation sites (tertiary alicyclic amines) is 1. The fraction of sp³-hybridized carbons (Fsp3) is 0.500. The quantitative estimate of drug-likeness (QED) is 0.625. The van der Waals surface area contributed by atoms with Crippen LogP contribution in [0.4, 0.5) is 0 Å². The number of aryl methyl sites for hydroxylation is 2. The number of rotatable bonds is 3. The third kappa shape index (κ3) is 3.26. The fourth-order valence-electron chi connectivity index (χ4n) is 2.42. The number of hydrogen-bond donors (Lipinski definition) is 0. The molecule has 0 bridgehead atoms. The Bertz CT molecular complexity index is 595. The zero-order valence-electron chi connectivity index (χ0n) is 12.3. The first kappa shape index (κ1) is 15.6. The maximum atomic E-state index is 12.1. The molecule has 0 N–H and O–H groups in total. The van der Waals surface area contributed by atoms with E-state index in [-0.39, 0.29) is 17.8 Å². The second kappa shape index (κ2) is 6.30. The van der Waals surface area contributed by atoms with Gasteiger partial charge in [-0.25, -0.2) is 0 Å². The summed E-state index contributed by atoms with van der Waals surface area (Å²) in [5, 5.41) is 4.67. The van der Waals surface area contributed by atoms with Crippen LogP contribution in [-0.2, 0) is 21.4 Å². The van der Waals surface area contributed by atoms with Gasteiger partial charge in [0.25, 0.3) is 0 Å². The molecule has 6 nitrogen and oxygen atoms in total. The van der Waals surface area contributed by atoms with Crippen LogP contribution >= 0.6 is 11.6 Å². The van der Waals surface area contributed by atoms with Crippen LogP contribution in [-0.4, -0.2) is 46.8 Å². The van der Waals surface area contributed by atoms with Crippen molar-refractivity contribution in [2.24, 2.45) is 13.0 Å². The Morgan fingerprint density at radius 3 is 2.76 bits per heavy atom. The van der Waals surface area contributed by atoms with E-state index in [1.807, 2.05) is 6.92 Å². The van der Waals surface area contributed by atoms with Crippen molar-refractivity contribution in [1.82, 2.24) is 14.7 Å². The maximum Gasteiger partial charge on any atom is 0.310 e. The Hall–Kier alpha value is -1.82. The highest BCUT2D eigenvalue weighted by Crippen LogP contribution is 2.21. The average molecular weight is 312 g/mol. The molecule has 0 saturated carbocycles. The highest BCUT2D eigenvalue weighted by atomic mass is 35.5. The van der Waals surface area contributed by atoms with Crippen LogP contribution < -0.4 is 0 Å². The van der Waals surface area contributed by atoms with Gasteiger partial charge in [-0.2, -0.15) is 5.10 Å². The Kier molecular flexibility index (Phi) is 4.67. The summed E-state index contributed by atoms with van der Waals surface area (Å²) in [6, 6.07) is 0. The van der Waals surface area contributed by atoms with Crippen molar-refractivity contribution in [3.63, 3.8) is 0 Å². The topological polar surface area (TPSA) is 64.4 Å². The normalized spacial score (nSPS) is 18.5. The number of carbonyl (C=O) groups excluding carboxylic acids is 2. The Labute approximate surface area is 128 Å². The van der Waals surface area contributed by atoms with E-state index in [1.54, 1.807) is 22.7 Å². The summed E-state index contributed by atoms with van der Waals surface area (Å²) in [7, 11) is 3.11. The monoisotopic (exact) mass is 311 g/mol. The summed E-state index contributed by atoms with van der Waals surface area (Å²) in [6.07, 6.45) is 3.77.